The van der Waals surface area contributed by atoms with E-state index in [9.17, 15) is 8.42 Å². The number of hydrogen-bond donors (Lipinski definition) is 0. The average molecular weight is 318 g/mol. The minimum absolute atomic E-state index is 0.310. The SMILES string of the molecule is CC1=CCCC(C)(C)[C@H]1CC/C=C/S(=O)(=O)c1ccccc1. The summed E-state index contributed by atoms with van der Waals surface area (Å²) < 4.78 is 24.4. The van der Waals surface area contributed by atoms with Crippen LogP contribution in [0.15, 0.2) is 58.4 Å². The second-order valence-electron chi connectivity index (χ2n) is 6.84. The molecule has 22 heavy (non-hydrogen) atoms. The van der Waals surface area contributed by atoms with Crippen molar-refractivity contribution in [2.75, 3.05) is 0 Å². The van der Waals surface area contributed by atoms with Gasteiger partial charge in [0.25, 0.3) is 0 Å². The van der Waals surface area contributed by atoms with Crippen molar-refractivity contribution in [2.24, 2.45) is 11.3 Å². The number of allylic oxidation sites excluding steroid dienone is 3. The Morgan fingerprint density at radius 1 is 1.23 bits per heavy atom. The van der Waals surface area contributed by atoms with Crippen LogP contribution in [0.2, 0.25) is 0 Å². The molecule has 1 aliphatic carbocycles. The molecule has 2 rings (SSSR count). The van der Waals surface area contributed by atoms with Crippen LogP contribution < -0.4 is 0 Å². The van der Waals surface area contributed by atoms with Crippen LogP contribution in [0, 0.1) is 11.3 Å². The van der Waals surface area contributed by atoms with E-state index in [0.717, 1.165) is 19.3 Å². The van der Waals surface area contributed by atoms with Crippen LogP contribution in [-0.2, 0) is 9.84 Å². The molecule has 0 radical (unpaired) electrons. The smallest absolute Gasteiger partial charge is 0.199 e. The summed E-state index contributed by atoms with van der Waals surface area (Å²) in [5.41, 5.74) is 1.76. The molecule has 0 saturated heterocycles. The lowest BCUT2D eigenvalue weighted by atomic mass is 9.67. The Kier molecular flexibility index (Phi) is 5.28. The highest BCUT2D eigenvalue weighted by atomic mass is 32.2. The van der Waals surface area contributed by atoms with Crippen LogP contribution in [0.1, 0.15) is 46.5 Å². The van der Waals surface area contributed by atoms with Crippen LogP contribution in [0.25, 0.3) is 0 Å². The highest BCUT2D eigenvalue weighted by Crippen LogP contribution is 2.43. The van der Waals surface area contributed by atoms with E-state index in [1.807, 2.05) is 6.07 Å². The number of rotatable bonds is 5. The highest BCUT2D eigenvalue weighted by molar-refractivity contribution is 7.94. The average Bonchev–Trinajstić information content (AvgIpc) is 2.46. The molecule has 0 fully saturated rings. The Morgan fingerprint density at radius 2 is 1.91 bits per heavy atom. The minimum atomic E-state index is -3.30. The maximum Gasteiger partial charge on any atom is 0.199 e. The number of benzene rings is 1. The summed E-state index contributed by atoms with van der Waals surface area (Å²) >= 11 is 0. The molecular weight excluding hydrogens is 292 g/mol. The van der Waals surface area contributed by atoms with Crippen molar-refractivity contribution in [3.63, 3.8) is 0 Å². The van der Waals surface area contributed by atoms with E-state index < -0.39 is 9.84 Å². The van der Waals surface area contributed by atoms with Crippen LogP contribution >= 0.6 is 0 Å². The van der Waals surface area contributed by atoms with Gasteiger partial charge in [0.15, 0.2) is 9.84 Å². The molecular formula is C19H26O2S. The fourth-order valence-electron chi connectivity index (χ4n) is 3.37. The molecule has 0 spiro atoms. The minimum Gasteiger partial charge on any atom is -0.219 e. The molecule has 0 bridgehead atoms. The first kappa shape index (κ1) is 17.0. The molecule has 3 heteroatoms. The molecule has 0 saturated carbocycles. The second kappa shape index (κ2) is 6.82. The first-order valence-corrected chi connectivity index (χ1v) is 9.51. The van der Waals surface area contributed by atoms with Gasteiger partial charge in [-0.2, -0.15) is 0 Å². The lowest BCUT2D eigenvalue weighted by Gasteiger charge is -2.38. The molecule has 1 aliphatic rings. The fourth-order valence-corrected chi connectivity index (χ4v) is 4.45. The van der Waals surface area contributed by atoms with Crippen molar-refractivity contribution in [1.29, 1.82) is 0 Å². The molecule has 0 aromatic heterocycles. The molecule has 0 N–H and O–H groups in total. The van der Waals surface area contributed by atoms with E-state index in [0.29, 0.717) is 16.2 Å². The fraction of sp³-hybridized carbons (Fsp3) is 0.474. The summed E-state index contributed by atoms with van der Waals surface area (Å²) in [5, 5.41) is 1.36. The van der Waals surface area contributed by atoms with E-state index in [4.69, 9.17) is 0 Å². The maximum atomic E-state index is 12.2. The second-order valence-corrected chi connectivity index (χ2v) is 8.67. The number of hydrogen-bond acceptors (Lipinski definition) is 2. The van der Waals surface area contributed by atoms with Crippen molar-refractivity contribution in [2.45, 2.75) is 51.3 Å². The molecule has 0 heterocycles. The Balaban J connectivity index is 1.99. The molecule has 1 atom stereocenters. The van der Waals surface area contributed by atoms with Gasteiger partial charge in [-0.25, -0.2) is 8.42 Å². The van der Waals surface area contributed by atoms with E-state index in [1.165, 1.54) is 17.4 Å². The van der Waals surface area contributed by atoms with Crippen LogP contribution in [0.4, 0.5) is 0 Å². The summed E-state index contributed by atoms with van der Waals surface area (Å²) in [6, 6.07) is 8.59. The van der Waals surface area contributed by atoms with Gasteiger partial charge < -0.3 is 0 Å². The lowest BCUT2D eigenvalue weighted by Crippen LogP contribution is -2.27. The maximum absolute atomic E-state index is 12.2. The standard InChI is InChI=1S/C19H26O2S/c1-16-10-9-14-19(2,3)18(16)13-7-8-15-22(20,21)17-11-5-4-6-12-17/h4-6,8,10-12,15,18H,7,9,13-14H2,1-3H3/b15-8+/t18-/m0/s1. The molecule has 120 valence electrons. The van der Waals surface area contributed by atoms with Gasteiger partial charge in [0, 0.05) is 5.41 Å². The zero-order chi connectivity index (χ0) is 16.2. The van der Waals surface area contributed by atoms with Crippen molar-refractivity contribution in [1.82, 2.24) is 0 Å². The Labute approximate surface area is 134 Å². The summed E-state index contributed by atoms with van der Waals surface area (Å²) in [5.74, 6) is 0.547. The Morgan fingerprint density at radius 3 is 2.55 bits per heavy atom. The van der Waals surface area contributed by atoms with Gasteiger partial charge in [0.1, 0.15) is 0 Å². The van der Waals surface area contributed by atoms with Crippen molar-refractivity contribution in [3.8, 4) is 0 Å². The Bertz CT molecular complexity index is 652. The molecule has 0 unspecified atom stereocenters. The van der Waals surface area contributed by atoms with Crippen LogP contribution in [0.3, 0.4) is 0 Å². The largest absolute Gasteiger partial charge is 0.219 e. The van der Waals surface area contributed by atoms with Gasteiger partial charge in [0.05, 0.1) is 4.90 Å². The van der Waals surface area contributed by atoms with Gasteiger partial charge in [0.2, 0.25) is 0 Å². The zero-order valence-corrected chi connectivity index (χ0v) is 14.6. The third kappa shape index (κ3) is 4.10. The van der Waals surface area contributed by atoms with Gasteiger partial charge in [-0.1, -0.05) is 49.8 Å². The molecule has 2 nitrogen and oxygen atoms in total. The summed E-state index contributed by atoms with van der Waals surface area (Å²) in [4.78, 5) is 0.361. The van der Waals surface area contributed by atoms with Crippen molar-refractivity contribution >= 4 is 9.84 Å². The number of sulfone groups is 1. The topological polar surface area (TPSA) is 34.1 Å². The molecule has 1 aromatic rings. The highest BCUT2D eigenvalue weighted by Gasteiger charge is 2.31. The van der Waals surface area contributed by atoms with E-state index in [2.05, 4.69) is 26.8 Å². The quantitative estimate of drug-likeness (QED) is 0.705. The molecule has 0 amide bonds. The summed E-state index contributed by atoms with van der Waals surface area (Å²) in [7, 11) is -3.30. The van der Waals surface area contributed by atoms with E-state index >= 15 is 0 Å². The normalized spacial score (nSPS) is 21.8. The first-order chi connectivity index (χ1) is 10.3. The predicted octanol–water partition coefficient (Wildman–Crippen LogP) is 5.14. The summed E-state index contributed by atoms with van der Waals surface area (Å²) in [6.45, 7) is 6.84. The third-order valence-corrected chi connectivity index (χ3v) is 6.20. The van der Waals surface area contributed by atoms with Crippen LogP contribution in [0.5, 0.6) is 0 Å². The Hall–Kier alpha value is -1.35. The third-order valence-electron chi connectivity index (χ3n) is 4.72. The van der Waals surface area contributed by atoms with Gasteiger partial charge in [-0.15, -0.1) is 0 Å². The van der Waals surface area contributed by atoms with Gasteiger partial charge in [-0.3, -0.25) is 0 Å². The van der Waals surface area contributed by atoms with Gasteiger partial charge >= 0.3 is 0 Å². The van der Waals surface area contributed by atoms with Crippen molar-refractivity contribution in [3.05, 3.63) is 53.5 Å². The monoisotopic (exact) mass is 318 g/mol. The molecule has 0 aliphatic heterocycles. The van der Waals surface area contributed by atoms with Gasteiger partial charge in [-0.05, 0) is 56.1 Å². The van der Waals surface area contributed by atoms with Crippen LogP contribution in [-0.4, -0.2) is 8.42 Å². The molecule has 1 aromatic carbocycles. The summed E-state index contributed by atoms with van der Waals surface area (Å²) in [6.07, 6.45) is 8.32. The van der Waals surface area contributed by atoms with E-state index in [-0.39, 0.29) is 0 Å². The zero-order valence-electron chi connectivity index (χ0n) is 13.7. The van der Waals surface area contributed by atoms with Crippen molar-refractivity contribution < 1.29 is 8.42 Å². The first-order valence-electron chi connectivity index (χ1n) is 7.96. The predicted molar refractivity (Wildman–Crippen MR) is 92.3 cm³/mol. The van der Waals surface area contributed by atoms with E-state index in [1.54, 1.807) is 30.3 Å². The lowest BCUT2D eigenvalue weighted by molar-refractivity contribution is 0.205.